The van der Waals surface area contributed by atoms with Gasteiger partial charge in [0, 0.05) is 12.5 Å². The van der Waals surface area contributed by atoms with Crippen LogP contribution in [0.5, 0.6) is 0 Å². The van der Waals surface area contributed by atoms with E-state index in [1.54, 1.807) is 6.20 Å². The van der Waals surface area contributed by atoms with Gasteiger partial charge in [0.15, 0.2) is 0 Å². The van der Waals surface area contributed by atoms with Gasteiger partial charge in [-0.15, -0.1) is 0 Å². The normalized spacial score (nSPS) is 13.0. The van der Waals surface area contributed by atoms with Gasteiger partial charge in [-0.25, -0.2) is 8.42 Å². The molecule has 0 aliphatic rings. The van der Waals surface area contributed by atoms with Crippen molar-refractivity contribution >= 4 is 9.84 Å². The highest BCUT2D eigenvalue weighted by Crippen LogP contribution is 2.19. The molecule has 2 aromatic rings. The molecule has 0 aliphatic heterocycles. The van der Waals surface area contributed by atoms with E-state index >= 15 is 0 Å². The first-order chi connectivity index (χ1) is 10.1. The first-order valence-electron chi connectivity index (χ1n) is 6.93. The van der Waals surface area contributed by atoms with Crippen molar-refractivity contribution in [2.24, 2.45) is 0 Å². The molecule has 0 amide bonds. The Balaban J connectivity index is 2.07. The van der Waals surface area contributed by atoms with Crippen LogP contribution in [-0.2, 0) is 9.84 Å². The van der Waals surface area contributed by atoms with Gasteiger partial charge in [0.05, 0.1) is 17.5 Å². The molecule has 2 rings (SSSR count). The second kappa shape index (κ2) is 7.33. The van der Waals surface area contributed by atoms with Gasteiger partial charge in [-0.05, 0) is 30.7 Å². The fourth-order valence-corrected chi connectivity index (χ4v) is 2.83. The summed E-state index contributed by atoms with van der Waals surface area (Å²) in [5.74, 6) is 0.198. The first kappa shape index (κ1) is 15.7. The molecule has 0 spiro atoms. The third kappa shape index (κ3) is 5.28. The van der Waals surface area contributed by atoms with E-state index in [0.29, 0.717) is 13.0 Å². The smallest absolute Gasteiger partial charge is 0.147 e. The third-order valence-electron chi connectivity index (χ3n) is 3.16. The van der Waals surface area contributed by atoms with E-state index in [1.165, 1.54) is 6.26 Å². The van der Waals surface area contributed by atoms with Crippen LogP contribution in [0.15, 0.2) is 54.7 Å². The van der Waals surface area contributed by atoms with E-state index in [1.807, 2.05) is 48.5 Å². The quantitative estimate of drug-likeness (QED) is 0.797. The van der Waals surface area contributed by atoms with Crippen molar-refractivity contribution in [2.75, 3.05) is 18.6 Å². The summed E-state index contributed by atoms with van der Waals surface area (Å²) in [6, 6.07) is 15.8. The van der Waals surface area contributed by atoms with Gasteiger partial charge in [-0.1, -0.05) is 36.4 Å². The van der Waals surface area contributed by atoms with Gasteiger partial charge in [0.2, 0.25) is 0 Å². The molecule has 112 valence electrons. The molecule has 0 radical (unpaired) electrons. The second-order valence-corrected chi connectivity index (χ2v) is 7.30. The lowest BCUT2D eigenvalue weighted by molar-refractivity contribution is 0.573. The van der Waals surface area contributed by atoms with Gasteiger partial charge in [-0.2, -0.15) is 0 Å². The minimum atomic E-state index is -2.91. The Bertz CT molecular complexity index is 603. The van der Waals surface area contributed by atoms with E-state index in [-0.39, 0.29) is 11.8 Å². The van der Waals surface area contributed by atoms with Gasteiger partial charge >= 0.3 is 0 Å². The molecular formula is C16H20N2O2S. The Labute approximate surface area is 126 Å². The summed E-state index contributed by atoms with van der Waals surface area (Å²) in [4.78, 5) is 4.40. The Hall–Kier alpha value is -1.72. The Morgan fingerprint density at radius 2 is 1.81 bits per heavy atom. The zero-order valence-corrected chi connectivity index (χ0v) is 12.9. The van der Waals surface area contributed by atoms with E-state index in [0.717, 1.165) is 11.3 Å². The van der Waals surface area contributed by atoms with Crippen LogP contribution >= 0.6 is 0 Å². The number of sulfone groups is 1. The lowest BCUT2D eigenvalue weighted by atomic mass is 10.0. The predicted molar refractivity (Wildman–Crippen MR) is 84.9 cm³/mol. The topological polar surface area (TPSA) is 59.1 Å². The van der Waals surface area contributed by atoms with E-state index in [2.05, 4.69) is 10.3 Å². The molecule has 0 fully saturated rings. The Kier molecular flexibility index (Phi) is 5.47. The molecule has 21 heavy (non-hydrogen) atoms. The summed E-state index contributed by atoms with van der Waals surface area (Å²) in [5, 5.41) is 3.40. The minimum Gasteiger partial charge on any atom is -0.305 e. The van der Waals surface area contributed by atoms with Crippen molar-refractivity contribution in [1.29, 1.82) is 0 Å². The molecule has 1 N–H and O–H groups in total. The van der Waals surface area contributed by atoms with Crippen molar-refractivity contribution in [1.82, 2.24) is 10.3 Å². The van der Waals surface area contributed by atoms with Crippen LogP contribution in [-0.4, -0.2) is 32.0 Å². The maximum Gasteiger partial charge on any atom is 0.147 e. The highest BCUT2D eigenvalue weighted by Gasteiger charge is 2.14. The van der Waals surface area contributed by atoms with Crippen LogP contribution in [0, 0.1) is 0 Å². The predicted octanol–water partition coefficient (Wildman–Crippen LogP) is 2.20. The summed E-state index contributed by atoms with van der Waals surface area (Å²) < 4.78 is 22.4. The number of rotatable bonds is 7. The van der Waals surface area contributed by atoms with E-state index in [4.69, 9.17) is 0 Å². The molecule has 0 saturated heterocycles. The number of pyridine rings is 1. The number of hydrogen-bond donors (Lipinski definition) is 1. The minimum absolute atomic E-state index is 0.0213. The summed E-state index contributed by atoms with van der Waals surface area (Å²) in [7, 11) is -2.91. The lowest BCUT2D eigenvalue weighted by Crippen LogP contribution is -2.25. The first-order valence-corrected chi connectivity index (χ1v) is 8.99. The average Bonchev–Trinajstić information content (AvgIpc) is 2.48. The fourth-order valence-electron chi connectivity index (χ4n) is 2.17. The maximum absolute atomic E-state index is 11.2. The number of nitrogens with zero attached hydrogens (tertiary/aromatic N) is 1. The van der Waals surface area contributed by atoms with Gasteiger partial charge in [-0.3, -0.25) is 4.98 Å². The third-order valence-corrected chi connectivity index (χ3v) is 4.19. The van der Waals surface area contributed by atoms with Crippen molar-refractivity contribution in [2.45, 2.75) is 12.5 Å². The number of nitrogens with one attached hydrogen (secondary N) is 1. The van der Waals surface area contributed by atoms with Gasteiger partial charge in [0.1, 0.15) is 9.84 Å². The lowest BCUT2D eigenvalue weighted by Gasteiger charge is -2.18. The highest BCUT2D eigenvalue weighted by molar-refractivity contribution is 7.90. The van der Waals surface area contributed by atoms with Gasteiger partial charge in [0.25, 0.3) is 0 Å². The van der Waals surface area contributed by atoms with E-state index in [9.17, 15) is 8.42 Å². The van der Waals surface area contributed by atoms with Crippen molar-refractivity contribution < 1.29 is 8.42 Å². The van der Waals surface area contributed by atoms with Gasteiger partial charge < -0.3 is 5.32 Å². The molecule has 1 atom stereocenters. The average molecular weight is 304 g/mol. The SMILES string of the molecule is CS(=O)(=O)CCCNC(c1ccccc1)c1ccccn1. The maximum atomic E-state index is 11.2. The molecule has 1 heterocycles. The Morgan fingerprint density at radius 3 is 2.43 bits per heavy atom. The van der Waals surface area contributed by atoms with Crippen LogP contribution in [0.4, 0.5) is 0 Å². The molecular weight excluding hydrogens is 284 g/mol. The number of aromatic nitrogens is 1. The van der Waals surface area contributed by atoms with Crippen LogP contribution in [0.3, 0.4) is 0 Å². The summed E-state index contributed by atoms with van der Waals surface area (Å²) in [6.07, 6.45) is 3.62. The largest absolute Gasteiger partial charge is 0.305 e. The van der Waals surface area contributed by atoms with Crippen molar-refractivity contribution in [3.63, 3.8) is 0 Å². The molecule has 0 saturated carbocycles. The summed E-state index contributed by atoms with van der Waals surface area (Å²) >= 11 is 0. The summed E-state index contributed by atoms with van der Waals surface area (Å²) in [5.41, 5.74) is 2.05. The standard InChI is InChI=1S/C16H20N2O2S/c1-21(19,20)13-7-12-18-16(14-8-3-2-4-9-14)15-10-5-6-11-17-15/h2-6,8-11,16,18H,7,12-13H2,1H3. The zero-order valence-electron chi connectivity index (χ0n) is 12.1. The molecule has 0 bridgehead atoms. The van der Waals surface area contributed by atoms with Crippen molar-refractivity contribution in [3.05, 3.63) is 66.0 Å². The molecule has 5 heteroatoms. The zero-order chi connectivity index (χ0) is 15.1. The van der Waals surface area contributed by atoms with Crippen molar-refractivity contribution in [3.8, 4) is 0 Å². The Morgan fingerprint density at radius 1 is 1.10 bits per heavy atom. The summed E-state index contributed by atoms with van der Waals surface area (Å²) in [6.45, 7) is 0.628. The highest BCUT2D eigenvalue weighted by atomic mass is 32.2. The van der Waals surface area contributed by atoms with E-state index < -0.39 is 9.84 Å². The van der Waals surface area contributed by atoms with Crippen LogP contribution < -0.4 is 5.32 Å². The fraction of sp³-hybridized carbons (Fsp3) is 0.312. The molecule has 4 nitrogen and oxygen atoms in total. The molecule has 1 aromatic carbocycles. The molecule has 1 unspecified atom stereocenters. The van der Waals surface area contributed by atoms with Crippen LogP contribution in [0.2, 0.25) is 0 Å². The van der Waals surface area contributed by atoms with Crippen LogP contribution in [0.25, 0.3) is 0 Å². The monoisotopic (exact) mass is 304 g/mol. The molecule has 0 aliphatic carbocycles. The number of hydrogen-bond acceptors (Lipinski definition) is 4. The van der Waals surface area contributed by atoms with Crippen LogP contribution in [0.1, 0.15) is 23.7 Å². The molecule has 1 aromatic heterocycles. The second-order valence-electron chi connectivity index (χ2n) is 5.04. The number of benzene rings is 1.